The van der Waals surface area contributed by atoms with Crippen LogP contribution in [0.3, 0.4) is 0 Å². The molecular formula is C22H25F3N6O3. The third-order valence-electron chi connectivity index (χ3n) is 6.83. The maximum absolute atomic E-state index is 13.0. The van der Waals surface area contributed by atoms with Crippen LogP contribution in [0.2, 0.25) is 0 Å². The maximum atomic E-state index is 13.0. The smallest absolute Gasteiger partial charge is 0.406 e. The first kappa shape index (κ1) is 22.5. The van der Waals surface area contributed by atoms with Gasteiger partial charge in [0.15, 0.2) is 0 Å². The molecule has 182 valence electrons. The second kappa shape index (κ2) is 8.80. The molecule has 12 heteroatoms. The van der Waals surface area contributed by atoms with E-state index in [4.69, 9.17) is 0 Å². The fourth-order valence-corrected chi connectivity index (χ4v) is 5.09. The number of benzene rings is 1. The van der Waals surface area contributed by atoms with Crippen LogP contribution in [0.5, 0.6) is 5.75 Å². The molecule has 3 amide bonds. The monoisotopic (exact) mass is 478 g/mol. The van der Waals surface area contributed by atoms with E-state index < -0.39 is 6.36 Å². The highest BCUT2D eigenvalue weighted by molar-refractivity contribution is 5.77. The van der Waals surface area contributed by atoms with E-state index in [-0.39, 0.29) is 35.9 Å². The van der Waals surface area contributed by atoms with Gasteiger partial charge in [-0.3, -0.25) is 4.79 Å². The minimum Gasteiger partial charge on any atom is -0.406 e. The Morgan fingerprint density at radius 1 is 0.971 bits per heavy atom. The molecule has 5 rings (SSSR count). The number of aryl methyl sites for hydroxylation is 1. The summed E-state index contributed by atoms with van der Waals surface area (Å²) >= 11 is 0. The van der Waals surface area contributed by atoms with Gasteiger partial charge in [0, 0.05) is 57.4 Å². The third kappa shape index (κ3) is 4.80. The lowest BCUT2D eigenvalue weighted by Crippen LogP contribution is -2.45. The first-order valence-electron chi connectivity index (χ1n) is 11.3. The second-order valence-electron chi connectivity index (χ2n) is 9.09. The number of nitrogens with one attached hydrogen (secondary N) is 1. The van der Waals surface area contributed by atoms with E-state index in [9.17, 15) is 22.8 Å². The van der Waals surface area contributed by atoms with Crippen molar-refractivity contribution in [1.82, 2.24) is 30.1 Å². The average Bonchev–Trinajstić information content (AvgIpc) is 3.51. The van der Waals surface area contributed by atoms with E-state index in [0.29, 0.717) is 52.1 Å². The predicted octanol–water partition coefficient (Wildman–Crippen LogP) is 2.20. The van der Waals surface area contributed by atoms with E-state index in [1.54, 1.807) is 17.0 Å². The molecule has 0 radical (unpaired) electrons. The molecule has 1 aromatic carbocycles. The highest BCUT2D eigenvalue weighted by Crippen LogP contribution is 2.32. The van der Waals surface area contributed by atoms with Crippen molar-refractivity contribution in [3.8, 4) is 5.75 Å². The number of amides is 3. The first-order chi connectivity index (χ1) is 16.2. The molecule has 1 aromatic heterocycles. The van der Waals surface area contributed by atoms with Crippen LogP contribution in [0.25, 0.3) is 0 Å². The van der Waals surface area contributed by atoms with E-state index in [1.807, 2.05) is 9.80 Å². The second-order valence-corrected chi connectivity index (χ2v) is 9.09. The van der Waals surface area contributed by atoms with Crippen molar-refractivity contribution in [3.05, 3.63) is 41.2 Å². The number of halogens is 3. The summed E-state index contributed by atoms with van der Waals surface area (Å²) in [5, 5.41) is 10.8. The molecule has 1 N–H and O–H groups in total. The fraction of sp³-hybridized carbons (Fsp3) is 0.545. The Bertz CT molecular complexity index is 1040. The number of alkyl halides is 3. The van der Waals surface area contributed by atoms with Gasteiger partial charge in [0.05, 0.1) is 12.2 Å². The van der Waals surface area contributed by atoms with Gasteiger partial charge < -0.3 is 19.4 Å². The summed E-state index contributed by atoms with van der Waals surface area (Å²) in [4.78, 5) is 31.2. The number of likely N-dealkylation sites (tertiary alicyclic amines) is 2. The maximum Gasteiger partial charge on any atom is 0.573 e. The van der Waals surface area contributed by atoms with Crippen molar-refractivity contribution in [2.75, 3.05) is 32.7 Å². The minimum absolute atomic E-state index is 0.0128. The van der Waals surface area contributed by atoms with Crippen molar-refractivity contribution in [2.45, 2.75) is 32.2 Å². The highest BCUT2D eigenvalue weighted by Gasteiger charge is 2.44. The summed E-state index contributed by atoms with van der Waals surface area (Å²) in [5.41, 5.74) is 2.51. The zero-order valence-electron chi connectivity index (χ0n) is 18.4. The third-order valence-corrected chi connectivity index (χ3v) is 6.83. The summed E-state index contributed by atoms with van der Waals surface area (Å²) in [6.07, 6.45) is -3.30. The van der Waals surface area contributed by atoms with Crippen LogP contribution >= 0.6 is 0 Å². The number of carbonyl (C=O) groups excluding carboxylic acids is 2. The Morgan fingerprint density at radius 3 is 2.29 bits per heavy atom. The van der Waals surface area contributed by atoms with Crippen molar-refractivity contribution in [1.29, 1.82) is 0 Å². The lowest BCUT2D eigenvalue weighted by molar-refractivity contribution is -0.274. The van der Waals surface area contributed by atoms with Crippen LogP contribution in [-0.4, -0.2) is 81.1 Å². The summed E-state index contributed by atoms with van der Waals surface area (Å²) in [5.74, 6) is 0.274. The quantitative estimate of drug-likeness (QED) is 0.727. The van der Waals surface area contributed by atoms with Crippen molar-refractivity contribution in [2.24, 2.45) is 11.8 Å². The molecule has 0 spiro atoms. The van der Waals surface area contributed by atoms with Crippen LogP contribution in [0.15, 0.2) is 24.3 Å². The first-order valence-corrected chi connectivity index (χ1v) is 11.3. The van der Waals surface area contributed by atoms with Gasteiger partial charge in [-0.05, 0) is 24.1 Å². The molecule has 2 atom stereocenters. The lowest BCUT2D eigenvalue weighted by atomic mass is 10.0. The van der Waals surface area contributed by atoms with Crippen LogP contribution in [0.1, 0.15) is 23.4 Å². The number of hydrogen-bond acceptors (Lipinski definition) is 5. The van der Waals surface area contributed by atoms with Gasteiger partial charge in [0.2, 0.25) is 5.91 Å². The van der Waals surface area contributed by atoms with Gasteiger partial charge in [0.25, 0.3) is 0 Å². The lowest BCUT2D eigenvalue weighted by Gasteiger charge is -2.31. The Balaban J connectivity index is 1.08. The van der Waals surface area contributed by atoms with Gasteiger partial charge in [-0.15, -0.1) is 13.2 Å². The molecule has 2 saturated heterocycles. The molecular weight excluding hydrogens is 453 g/mol. The number of carbonyl (C=O) groups is 2. The molecule has 0 unspecified atom stereocenters. The largest absolute Gasteiger partial charge is 0.573 e. The van der Waals surface area contributed by atoms with Gasteiger partial charge >= 0.3 is 12.4 Å². The molecule has 2 aromatic rings. The number of hydrogen-bond donors (Lipinski definition) is 1. The SMILES string of the molecule is O=C(CCc1ccc(OC(F)(F)F)cc1)N1C[C@@H]2CN(C(=O)N3CCc4n[nH]nc4C3)C[C@H]2C1. The van der Waals surface area contributed by atoms with Gasteiger partial charge in [-0.2, -0.15) is 15.4 Å². The predicted molar refractivity (Wildman–Crippen MR) is 112 cm³/mol. The van der Waals surface area contributed by atoms with Crippen LogP contribution in [0.4, 0.5) is 18.0 Å². The van der Waals surface area contributed by atoms with E-state index >= 15 is 0 Å². The van der Waals surface area contributed by atoms with E-state index in [0.717, 1.165) is 17.0 Å². The average molecular weight is 478 g/mol. The Hall–Kier alpha value is -3.31. The molecule has 0 saturated carbocycles. The molecule has 34 heavy (non-hydrogen) atoms. The molecule has 0 bridgehead atoms. The normalized spacial score (nSPS) is 22.0. The number of aromatic amines is 1. The van der Waals surface area contributed by atoms with Crippen molar-refractivity contribution >= 4 is 11.9 Å². The molecule has 9 nitrogen and oxygen atoms in total. The number of H-pyrrole nitrogens is 1. The topological polar surface area (TPSA) is 94.7 Å². The summed E-state index contributed by atoms with van der Waals surface area (Å²) in [6, 6.07) is 5.60. The molecule has 3 aliphatic heterocycles. The Labute approximate surface area is 193 Å². The van der Waals surface area contributed by atoms with Crippen molar-refractivity contribution < 1.29 is 27.5 Å². The van der Waals surface area contributed by atoms with Gasteiger partial charge in [-0.25, -0.2) is 4.79 Å². The molecule has 0 aliphatic carbocycles. The Kier molecular flexibility index (Phi) is 5.82. The number of rotatable bonds is 4. The number of fused-ring (bicyclic) bond motifs is 2. The molecule has 2 fully saturated rings. The summed E-state index contributed by atoms with van der Waals surface area (Å²) in [6.45, 7) is 3.60. The standard InChI is InChI=1S/C22H25F3N6O3/c23-22(24,25)34-17-4-1-14(2-5-17)3-6-20(32)30-9-15-11-31(12-16(15)10-30)21(33)29-8-7-18-19(13-29)27-28-26-18/h1-2,4-5,15-16H,3,6-13H2,(H,26,27,28)/t15-,16-/m1/s1. The van der Waals surface area contributed by atoms with Crippen LogP contribution in [-0.2, 0) is 24.2 Å². The zero-order chi connectivity index (χ0) is 23.9. The highest BCUT2D eigenvalue weighted by atomic mass is 19.4. The van der Waals surface area contributed by atoms with Crippen molar-refractivity contribution in [3.63, 3.8) is 0 Å². The number of urea groups is 1. The summed E-state index contributed by atoms with van der Waals surface area (Å²) < 4.78 is 40.7. The van der Waals surface area contributed by atoms with Crippen LogP contribution in [0, 0.1) is 11.8 Å². The van der Waals surface area contributed by atoms with E-state index in [1.165, 1.54) is 12.1 Å². The molecule has 4 heterocycles. The summed E-state index contributed by atoms with van der Waals surface area (Å²) in [7, 11) is 0. The zero-order valence-corrected chi connectivity index (χ0v) is 18.4. The molecule has 3 aliphatic rings. The minimum atomic E-state index is -4.72. The van der Waals surface area contributed by atoms with Gasteiger partial charge in [-0.1, -0.05) is 12.1 Å². The number of ether oxygens (including phenoxy) is 1. The van der Waals surface area contributed by atoms with Gasteiger partial charge in [0.1, 0.15) is 11.4 Å². The van der Waals surface area contributed by atoms with E-state index in [2.05, 4.69) is 20.1 Å². The number of aromatic nitrogens is 3. The number of nitrogens with zero attached hydrogens (tertiary/aromatic N) is 5. The van der Waals surface area contributed by atoms with Crippen LogP contribution < -0.4 is 4.74 Å². The fourth-order valence-electron chi connectivity index (χ4n) is 5.09. The Morgan fingerprint density at radius 2 is 1.62 bits per heavy atom.